The molecule has 0 fully saturated rings. The first-order valence-electron chi connectivity index (χ1n) is 5.87. The van der Waals surface area contributed by atoms with Gasteiger partial charge in [-0.25, -0.2) is 9.78 Å². The molecule has 19 heavy (non-hydrogen) atoms. The highest BCUT2D eigenvalue weighted by Crippen LogP contribution is 2.23. The third-order valence-electron chi connectivity index (χ3n) is 2.95. The summed E-state index contributed by atoms with van der Waals surface area (Å²) in [5.74, 6) is -0.184. The molecule has 0 atom stereocenters. The lowest BCUT2D eigenvalue weighted by Gasteiger charge is -2.09. The van der Waals surface area contributed by atoms with Gasteiger partial charge in [0.1, 0.15) is 17.4 Å². The SMILES string of the molecule is Cc1cccc(OCc2nc(C(=O)O)c(C)s2)c1C. The van der Waals surface area contributed by atoms with Crippen LogP contribution in [0.1, 0.15) is 31.5 Å². The van der Waals surface area contributed by atoms with Crippen LogP contribution in [0.5, 0.6) is 5.75 Å². The summed E-state index contributed by atoms with van der Waals surface area (Å²) in [6.45, 7) is 6.07. The number of carboxylic acid groups (broad SMARTS) is 1. The number of thiazole rings is 1. The van der Waals surface area contributed by atoms with E-state index in [1.54, 1.807) is 6.92 Å². The van der Waals surface area contributed by atoms with Crippen LogP contribution in [0.15, 0.2) is 18.2 Å². The molecule has 0 aliphatic heterocycles. The summed E-state index contributed by atoms with van der Waals surface area (Å²) < 4.78 is 5.71. The fraction of sp³-hybridized carbons (Fsp3) is 0.286. The van der Waals surface area contributed by atoms with Gasteiger partial charge in [-0.1, -0.05) is 12.1 Å². The Morgan fingerprint density at radius 2 is 2.11 bits per heavy atom. The number of hydrogen-bond donors (Lipinski definition) is 1. The van der Waals surface area contributed by atoms with E-state index in [1.807, 2.05) is 32.0 Å². The van der Waals surface area contributed by atoms with Crippen molar-refractivity contribution in [2.75, 3.05) is 0 Å². The van der Waals surface area contributed by atoms with Crippen molar-refractivity contribution < 1.29 is 14.6 Å². The monoisotopic (exact) mass is 277 g/mol. The van der Waals surface area contributed by atoms with Gasteiger partial charge in [0.25, 0.3) is 0 Å². The van der Waals surface area contributed by atoms with Crippen molar-refractivity contribution in [3.8, 4) is 5.75 Å². The Morgan fingerprint density at radius 3 is 2.74 bits per heavy atom. The molecule has 0 unspecified atom stereocenters. The second-order valence-corrected chi connectivity index (χ2v) is 5.59. The molecule has 0 aliphatic rings. The number of rotatable bonds is 4. The summed E-state index contributed by atoms with van der Waals surface area (Å²) in [5.41, 5.74) is 2.37. The van der Waals surface area contributed by atoms with Crippen LogP contribution in [0.4, 0.5) is 0 Å². The standard InChI is InChI=1S/C14H15NO3S/c1-8-5-4-6-11(9(8)2)18-7-12-15-13(14(16)17)10(3)19-12/h4-6H,7H2,1-3H3,(H,16,17). The van der Waals surface area contributed by atoms with E-state index in [4.69, 9.17) is 9.84 Å². The summed E-state index contributed by atoms with van der Waals surface area (Å²) in [6.07, 6.45) is 0. The Kier molecular flexibility index (Phi) is 3.85. The van der Waals surface area contributed by atoms with Gasteiger partial charge < -0.3 is 9.84 Å². The Labute approximate surface area is 115 Å². The molecule has 2 rings (SSSR count). The van der Waals surface area contributed by atoms with Crippen molar-refractivity contribution in [1.82, 2.24) is 4.98 Å². The van der Waals surface area contributed by atoms with E-state index < -0.39 is 5.97 Å². The van der Waals surface area contributed by atoms with Gasteiger partial charge in [-0.05, 0) is 38.0 Å². The molecule has 0 saturated heterocycles. The molecule has 2 aromatic rings. The molecule has 0 bridgehead atoms. The van der Waals surface area contributed by atoms with Crippen LogP contribution in [0.3, 0.4) is 0 Å². The smallest absolute Gasteiger partial charge is 0.355 e. The van der Waals surface area contributed by atoms with Gasteiger partial charge in [-0.3, -0.25) is 0 Å². The molecule has 0 aliphatic carbocycles. The number of ether oxygens (including phenoxy) is 1. The molecule has 0 spiro atoms. The number of aromatic carboxylic acids is 1. The summed E-state index contributed by atoms with van der Waals surface area (Å²) in [5, 5.41) is 9.62. The van der Waals surface area contributed by atoms with Gasteiger partial charge in [0.15, 0.2) is 5.69 Å². The van der Waals surface area contributed by atoms with E-state index >= 15 is 0 Å². The average Bonchev–Trinajstić information content (AvgIpc) is 2.73. The molecule has 4 nitrogen and oxygen atoms in total. The third kappa shape index (κ3) is 2.93. The van der Waals surface area contributed by atoms with Gasteiger partial charge in [-0.2, -0.15) is 0 Å². The maximum atomic E-state index is 10.9. The summed E-state index contributed by atoms with van der Waals surface area (Å²) in [6, 6.07) is 5.87. The molecule has 5 heteroatoms. The van der Waals surface area contributed by atoms with Crippen LogP contribution in [0, 0.1) is 20.8 Å². The van der Waals surface area contributed by atoms with Gasteiger partial charge in [0, 0.05) is 4.88 Å². The van der Waals surface area contributed by atoms with Gasteiger partial charge in [-0.15, -0.1) is 11.3 Å². The van der Waals surface area contributed by atoms with Crippen molar-refractivity contribution in [2.24, 2.45) is 0 Å². The van der Waals surface area contributed by atoms with Crippen LogP contribution in [-0.4, -0.2) is 16.1 Å². The minimum atomic E-state index is -0.994. The maximum Gasteiger partial charge on any atom is 0.355 e. The zero-order valence-corrected chi connectivity index (χ0v) is 11.9. The summed E-state index contributed by atoms with van der Waals surface area (Å²) >= 11 is 1.36. The van der Waals surface area contributed by atoms with Crippen molar-refractivity contribution >= 4 is 17.3 Å². The predicted octanol–water partition coefficient (Wildman–Crippen LogP) is 3.35. The predicted molar refractivity (Wildman–Crippen MR) is 74.1 cm³/mol. The number of hydrogen-bond acceptors (Lipinski definition) is 4. The number of benzene rings is 1. The fourth-order valence-corrected chi connectivity index (χ4v) is 2.57. The third-order valence-corrected chi connectivity index (χ3v) is 3.89. The van der Waals surface area contributed by atoms with Crippen molar-refractivity contribution in [2.45, 2.75) is 27.4 Å². The second kappa shape index (κ2) is 5.40. The number of carboxylic acids is 1. The Hall–Kier alpha value is -1.88. The topological polar surface area (TPSA) is 59.4 Å². The van der Waals surface area contributed by atoms with E-state index in [-0.39, 0.29) is 5.69 Å². The highest BCUT2D eigenvalue weighted by atomic mass is 32.1. The zero-order chi connectivity index (χ0) is 14.0. The quantitative estimate of drug-likeness (QED) is 0.931. The van der Waals surface area contributed by atoms with Crippen LogP contribution < -0.4 is 4.74 Å². The molecular formula is C14H15NO3S. The Morgan fingerprint density at radius 1 is 1.37 bits per heavy atom. The molecule has 1 N–H and O–H groups in total. The number of carbonyl (C=O) groups is 1. The first-order chi connectivity index (χ1) is 8.99. The summed E-state index contributed by atoms with van der Waals surface area (Å²) in [4.78, 5) is 15.7. The lowest BCUT2D eigenvalue weighted by molar-refractivity contribution is 0.0690. The molecule has 1 aromatic carbocycles. The highest BCUT2D eigenvalue weighted by molar-refractivity contribution is 7.11. The molecular weight excluding hydrogens is 262 g/mol. The minimum Gasteiger partial charge on any atom is -0.486 e. The van der Waals surface area contributed by atoms with Crippen molar-refractivity contribution in [3.05, 3.63) is 44.9 Å². The number of aromatic nitrogens is 1. The Bertz CT molecular complexity index is 619. The van der Waals surface area contributed by atoms with Gasteiger partial charge >= 0.3 is 5.97 Å². The molecule has 0 amide bonds. The van der Waals surface area contributed by atoms with E-state index in [9.17, 15) is 4.79 Å². The number of nitrogens with zero attached hydrogens (tertiary/aromatic N) is 1. The highest BCUT2D eigenvalue weighted by Gasteiger charge is 2.14. The molecule has 1 aromatic heterocycles. The largest absolute Gasteiger partial charge is 0.486 e. The van der Waals surface area contributed by atoms with Crippen LogP contribution >= 0.6 is 11.3 Å². The lowest BCUT2D eigenvalue weighted by atomic mass is 10.1. The van der Waals surface area contributed by atoms with Crippen LogP contribution in [0.2, 0.25) is 0 Å². The number of aryl methyl sites for hydroxylation is 2. The Balaban J connectivity index is 2.13. The normalized spacial score (nSPS) is 10.5. The van der Waals surface area contributed by atoms with E-state index in [2.05, 4.69) is 4.98 Å². The maximum absolute atomic E-state index is 10.9. The van der Waals surface area contributed by atoms with Gasteiger partial charge in [0.05, 0.1) is 0 Å². The van der Waals surface area contributed by atoms with E-state index in [1.165, 1.54) is 16.9 Å². The summed E-state index contributed by atoms with van der Waals surface area (Å²) in [7, 11) is 0. The fourth-order valence-electron chi connectivity index (χ4n) is 1.73. The zero-order valence-electron chi connectivity index (χ0n) is 11.1. The van der Waals surface area contributed by atoms with E-state index in [0.29, 0.717) is 16.5 Å². The first kappa shape index (κ1) is 13.5. The molecule has 1 heterocycles. The average molecular weight is 277 g/mol. The second-order valence-electron chi connectivity index (χ2n) is 4.30. The molecule has 100 valence electrons. The van der Waals surface area contributed by atoms with Crippen LogP contribution in [0.25, 0.3) is 0 Å². The van der Waals surface area contributed by atoms with Gasteiger partial charge in [0.2, 0.25) is 0 Å². The van der Waals surface area contributed by atoms with Crippen molar-refractivity contribution in [3.63, 3.8) is 0 Å². The molecule has 0 radical (unpaired) electrons. The van der Waals surface area contributed by atoms with Crippen LogP contribution in [-0.2, 0) is 6.61 Å². The minimum absolute atomic E-state index is 0.115. The molecule has 0 saturated carbocycles. The first-order valence-corrected chi connectivity index (χ1v) is 6.69. The van der Waals surface area contributed by atoms with Crippen molar-refractivity contribution in [1.29, 1.82) is 0 Å². The van der Waals surface area contributed by atoms with E-state index in [0.717, 1.165) is 11.3 Å². The lowest BCUT2D eigenvalue weighted by Crippen LogP contribution is -2.01.